The molecule has 0 radical (unpaired) electrons. The first kappa shape index (κ1) is 15.1. The molecule has 0 aliphatic rings. The van der Waals surface area contributed by atoms with Crippen molar-refractivity contribution in [2.75, 3.05) is 20.8 Å². The number of fused-ring (bicyclic) bond motifs is 1. The smallest absolute Gasteiger partial charge is 0.338 e. The summed E-state index contributed by atoms with van der Waals surface area (Å²) in [5.74, 6) is -1.14. The van der Waals surface area contributed by atoms with Gasteiger partial charge in [0.15, 0.2) is 0 Å². The molecule has 0 aliphatic carbocycles. The third-order valence-corrected chi connectivity index (χ3v) is 2.99. The summed E-state index contributed by atoms with van der Waals surface area (Å²) in [7, 11) is 2.61. The molecule has 1 atom stereocenters. The van der Waals surface area contributed by atoms with Crippen LogP contribution in [0.5, 0.6) is 5.75 Å². The van der Waals surface area contributed by atoms with E-state index in [-0.39, 0.29) is 22.5 Å². The first-order valence-corrected chi connectivity index (χ1v) is 6.07. The Hall–Kier alpha value is -2.25. The molecule has 1 aromatic carbocycles. The van der Waals surface area contributed by atoms with Gasteiger partial charge in [-0.15, -0.1) is 0 Å². The number of esters is 1. The molecule has 7 heteroatoms. The lowest BCUT2D eigenvalue weighted by molar-refractivity contribution is 0.0600. The standard InChI is InChI=1S/C14H14FNO5/c1-20-11-5-8(14(19)21-2)3-7-4-9(15)13(10(18)6-17)16-12(7)11/h3-5,10,17-18H,6H2,1-2H3. The lowest BCUT2D eigenvalue weighted by Gasteiger charge is -2.12. The number of hydrogen-bond acceptors (Lipinski definition) is 6. The largest absolute Gasteiger partial charge is 0.494 e. The quantitative estimate of drug-likeness (QED) is 0.824. The molecular formula is C14H14FNO5. The molecule has 0 spiro atoms. The number of nitrogens with zero attached hydrogens (tertiary/aromatic N) is 1. The van der Waals surface area contributed by atoms with E-state index in [9.17, 15) is 14.3 Å². The molecule has 2 rings (SSSR count). The number of carbonyl (C=O) groups excluding carboxylic acids is 1. The van der Waals surface area contributed by atoms with Crippen molar-refractivity contribution in [2.24, 2.45) is 0 Å². The van der Waals surface area contributed by atoms with Crippen LogP contribution in [0.3, 0.4) is 0 Å². The summed E-state index contributed by atoms with van der Waals surface area (Å²) in [4.78, 5) is 15.5. The van der Waals surface area contributed by atoms with E-state index in [0.29, 0.717) is 5.39 Å². The Morgan fingerprint density at radius 2 is 2.10 bits per heavy atom. The first-order chi connectivity index (χ1) is 10.0. The Morgan fingerprint density at radius 3 is 2.67 bits per heavy atom. The monoisotopic (exact) mass is 295 g/mol. The van der Waals surface area contributed by atoms with Gasteiger partial charge in [-0.3, -0.25) is 0 Å². The molecule has 2 N–H and O–H groups in total. The fourth-order valence-corrected chi connectivity index (χ4v) is 1.95. The second-order valence-corrected chi connectivity index (χ2v) is 4.30. The normalized spacial score (nSPS) is 12.2. The highest BCUT2D eigenvalue weighted by Gasteiger charge is 2.18. The van der Waals surface area contributed by atoms with E-state index in [2.05, 4.69) is 9.72 Å². The number of ether oxygens (including phenoxy) is 2. The van der Waals surface area contributed by atoms with Crippen molar-refractivity contribution in [3.05, 3.63) is 35.3 Å². The minimum Gasteiger partial charge on any atom is -0.494 e. The van der Waals surface area contributed by atoms with Crippen molar-refractivity contribution < 1.29 is 28.9 Å². The molecular weight excluding hydrogens is 281 g/mol. The summed E-state index contributed by atoms with van der Waals surface area (Å²) < 4.78 is 23.7. The number of hydrogen-bond donors (Lipinski definition) is 2. The number of methoxy groups -OCH3 is 2. The van der Waals surface area contributed by atoms with Gasteiger partial charge in [0.25, 0.3) is 0 Å². The number of aliphatic hydroxyl groups is 2. The van der Waals surface area contributed by atoms with Gasteiger partial charge in [-0.2, -0.15) is 0 Å². The van der Waals surface area contributed by atoms with Crippen molar-refractivity contribution in [3.8, 4) is 5.75 Å². The summed E-state index contributed by atoms with van der Waals surface area (Å²) in [6, 6.07) is 3.94. The van der Waals surface area contributed by atoms with Crippen LogP contribution in [0.2, 0.25) is 0 Å². The maximum atomic E-state index is 13.9. The predicted octanol–water partition coefficient (Wildman–Crippen LogP) is 1.19. The lowest BCUT2D eigenvalue weighted by Crippen LogP contribution is -2.09. The molecule has 1 heterocycles. The SMILES string of the molecule is COC(=O)c1cc(OC)c2nc(C(O)CO)c(F)cc2c1. The molecule has 0 saturated heterocycles. The van der Waals surface area contributed by atoms with Gasteiger partial charge in [0.1, 0.15) is 28.9 Å². The van der Waals surface area contributed by atoms with Crippen molar-refractivity contribution in [2.45, 2.75) is 6.10 Å². The zero-order valence-corrected chi connectivity index (χ0v) is 11.5. The molecule has 0 amide bonds. The highest BCUT2D eigenvalue weighted by atomic mass is 19.1. The average Bonchev–Trinajstić information content (AvgIpc) is 2.51. The first-order valence-electron chi connectivity index (χ1n) is 6.07. The van der Waals surface area contributed by atoms with Gasteiger partial charge >= 0.3 is 5.97 Å². The minimum atomic E-state index is -1.43. The van der Waals surface area contributed by atoms with E-state index in [1.165, 1.54) is 26.4 Å². The van der Waals surface area contributed by atoms with Crippen LogP contribution in [0.4, 0.5) is 4.39 Å². The van der Waals surface area contributed by atoms with Crippen LogP contribution in [0, 0.1) is 5.82 Å². The van der Waals surface area contributed by atoms with Crippen LogP contribution in [-0.4, -0.2) is 42.0 Å². The Kier molecular flexibility index (Phi) is 4.35. The molecule has 6 nitrogen and oxygen atoms in total. The number of carbonyl (C=O) groups is 1. The summed E-state index contributed by atoms with van der Waals surface area (Å²) in [6.07, 6.45) is -1.43. The molecule has 2 aromatic rings. The van der Waals surface area contributed by atoms with E-state index in [1.807, 2.05) is 0 Å². The van der Waals surface area contributed by atoms with E-state index >= 15 is 0 Å². The van der Waals surface area contributed by atoms with Crippen LogP contribution in [0.25, 0.3) is 10.9 Å². The van der Waals surface area contributed by atoms with Crippen LogP contribution in [0.15, 0.2) is 18.2 Å². The van der Waals surface area contributed by atoms with Gasteiger partial charge in [0.2, 0.25) is 0 Å². The van der Waals surface area contributed by atoms with Gasteiger partial charge < -0.3 is 19.7 Å². The molecule has 1 unspecified atom stereocenters. The summed E-state index contributed by atoms with van der Waals surface area (Å²) in [6.45, 7) is -0.655. The van der Waals surface area contributed by atoms with Crippen molar-refractivity contribution in [1.82, 2.24) is 4.98 Å². The third-order valence-electron chi connectivity index (χ3n) is 2.99. The Balaban J connectivity index is 2.70. The van der Waals surface area contributed by atoms with E-state index in [4.69, 9.17) is 9.84 Å². The highest BCUT2D eigenvalue weighted by Crippen LogP contribution is 2.29. The summed E-state index contributed by atoms with van der Waals surface area (Å²) in [5.41, 5.74) is 0.182. The van der Waals surface area contributed by atoms with Crippen molar-refractivity contribution >= 4 is 16.9 Å². The lowest BCUT2D eigenvalue weighted by atomic mass is 10.1. The predicted molar refractivity (Wildman–Crippen MR) is 71.6 cm³/mol. The fourth-order valence-electron chi connectivity index (χ4n) is 1.95. The maximum absolute atomic E-state index is 13.9. The molecule has 112 valence electrons. The van der Waals surface area contributed by atoms with Crippen molar-refractivity contribution in [3.63, 3.8) is 0 Å². The second-order valence-electron chi connectivity index (χ2n) is 4.30. The minimum absolute atomic E-state index is 0.193. The Morgan fingerprint density at radius 1 is 1.38 bits per heavy atom. The van der Waals surface area contributed by atoms with Gasteiger partial charge in [-0.05, 0) is 18.2 Å². The maximum Gasteiger partial charge on any atom is 0.338 e. The van der Waals surface area contributed by atoms with E-state index in [0.717, 1.165) is 6.07 Å². The highest BCUT2D eigenvalue weighted by molar-refractivity contribution is 5.97. The van der Waals surface area contributed by atoms with Crippen LogP contribution >= 0.6 is 0 Å². The van der Waals surface area contributed by atoms with Gasteiger partial charge in [-0.1, -0.05) is 0 Å². The molecule has 0 bridgehead atoms. The summed E-state index contributed by atoms with van der Waals surface area (Å²) in [5, 5.41) is 18.8. The second kappa shape index (κ2) is 6.02. The van der Waals surface area contributed by atoms with E-state index < -0.39 is 24.5 Å². The molecule has 0 aliphatic heterocycles. The zero-order valence-electron chi connectivity index (χ0n) is 11.5. The number of aliphatic hydroxyl groups excluding tert-OH is 2. The number of aromatic nitrogens is 1. The van der Waals surface area contributed by atoms with Crippen molar-refractivity contribution in [1.29, 1.82) is 0 Å². The molecule has 1 aromatic heterocycles. The Bertz CT molecular complexity index is 689. The van der Waals surface area contributed by atoms with Crippen LogP contribution in [-0.2, 0) is 4.74 Å². The van der Waals surface area contributed by atoms with Gasteiger partial charge in [-0.25, -0.2) is 14.2 Å². The fraction of sp³-hybridized carbons (Fsp3) is 0.286. The van der Waals surface area contributed by atoms with Crippen LogP contribution < -0.4 is 4.74 Å². The third kappa shape index (κ3) is 2.79. The number of halogens is 1. The van der Waals surface area contributed by atoms with E-state index in [1.54, 1.807) is 0 Å². The van der Waals surface area contributed by atoms with Gasteiger partial charge in [0.05, 0.1) is 26.4 Å². The average molecular weight is 295 g/mol. The topological polar surface area (TPSA) is 88.9 Å². The number of pyridine rings is 1. The Labute approximate surface area is 119 Å². The number of rotatable bonds is 4. The zero-order chi connectivity index (χ0) is 15.6. The van der Waals surface area contributed by atoms with Gasteiger partial charge in [0, 0.05) is 5.39 Å². The molecule has 21 heavy (non-hydrogen) atoms. The van der Waals surface area contributed by atoms with Crippen LogP contribution in [0.1, 0.15) is 22.2 Å². The molecule has 0 fully saturated rings. The number of benzene rings is 1. The summed E-state index contributed by atoms with van der Waals surface area (Å²) >= 11 is 0. The molecule has 0 saturated carbocycles.